The van der Waals surface area contributed by atoms with Crippen LogP contribution in [0.4, 0.5) is 5.69 Å². The van der Waals surface area contributed by atoms with Gasteiger partial charge in [-0.1, -0.05) is 78.9 Å². The van der Waals surface area contributed by atoms with Crippen LogP contribution in [0.5, 0.6) is 0 Å². The van der Waals surface area contributed by atoms with Gasteiger partial charge in [-0.2, -0.15) is 0 Å². The van der Waals surface area contributed by atoms with Gasteiger partial charge < -0.3 is 5.32 Å². The normalized spacial score (nSPS) is 36.1. The van der Waals surface area contributed by atoms with Crippen LogP contribution in [0.15, 0.2) is 84.9 Å². The van der Waals surface area contributed by atoms with Crippen LogP contribution < -0.4 is 5.32 Å². The minimum absolute atomic E-state index is 0.224. The van der Waals surface area contributed by atoms with Gasteiger partial charge in [0.1, 0.15) is 0 Å². The minimum Gasteiger partial charge on any atom is -0.368 e. The maximum absolute atomic E-state index is 3.93. The van der Waals surface area contributed by atoms with Crippen LogP contribution in [-0.2, 0) is 12.0 Å². The molecule has 7 rings (SSSR count). The zero-order chi connectivity index (χ0) is 19.0. The van der Waals surface area contributed by atoms with Crippen LogP contribution in [0.1, 0.15) is 29.2 Å². The van der Waals surface area contributed by atoms with Crippen molar-refractivity contribution in [3.05, 3.63) is 102 Å². The Labute approximate surface area is 172 Å². The topological polar surface area (TPSA) is 18.3 Å². The fraction of sp³-hybridized carbons (Fsp3) is 0.308. The van der Waals surface area contributed by atoms with Gasteiger partial charge in [0.05, 0.1) is 12.2 Å². The van der Waals surface area contributed by atoms with Crippen molar-refractivity contribution in [3.63, 3.8) is 0 Å². The Morgan fingerprint density at radius 2 is 1.59 bits per heavy atom. The Morgan fingerprint density at radius 1 is 0.862 bits per heavy atom. The quantitative estimate of drug-likeness (QED) is 0.681. The van der Waals surface area contributed by atoms with Crippen molar-refractivity contribution in [3.8, 4) is 0 Å². The van der Waals surface area contributed by atoms with E-state index in [-0.39, 0.29) is 5.41 Å². The molecule has 29 heavy (non-hydrogen) atoms. The summed E-state index contributed by atoms with van der Waals surface area (Å²) >= 11 is 0. The summed E-state index contributed by atoms with van der Waals surface area (Å²) in [6, 6.07) is 32.9. The highest BCUT2D eigenvalue weighted by atomic mass is 15.5. The lowest BCUT2D eigenvalue weighted by atomic mass is 9.73. The van der Waals surface area contributed by atoms with E-state index in [2.05, 4.69) is 100 Å². The van der Waals surface area contributed by atoms with E-state index in [1.807, 2.05) is 0 Å². The van der Waals surface area contributed by atoms with Crippen LogP contribution in [0.2, 0.25) is 0 Å². The van der Waals surface area contributed by atoms with E-state index in [1.54, 1.807) is 5.56 Å². The molecule has 1 spiro atoms. The lowest BCUT2D eigenvalue weighted by Crippen LogP contribution is -2.48. The summed E-state index contributed by atoms with van der Waals surface area (Å²) < 4.78 is 0. The number of nitrogens with zero attached hydrogens (tertiary/aromatic N) is 2. The van der Waals surface area contributed by atoms with Crippen molar-refractivity contribution < 1.29 is 0 Å². The van der Waals surface area contributed by atoms with Gasteiger partial charge in [0.2, 0.25) is 0 Å². The average Bonchev–Trinajstić information content (AvgIpc) is 3.08. The van der Waals surface area contributed by atoms with Crippen LogP contribution in [0, 0.1) is 0 Å². The molecule has 6 atom stereocenters. The third-order valence-corrected chi connectivity index (χ3v) is 7.83. The molecule has 2 unspecified atom stereocenters. The molecule has 3 nitrogen and oxygen atoms in total. The van der Waals surface area contributed by atoms with Crippen LogP contribution in [0.25, 0.3) is 0 Å². The zero-order valence-electron chi connectivity index (χ0n) is 16.4. The number of benzene rings is 3. The summed E-state index contributed by atoms with van der Waals surface area (Å²) in [4.78, 5) is 5.54. The van der Waals surface area contributed by atoms with E-state index < -0.39 is 0 Å². The summed E-state index contributed by atoms with van der Waals surface area (Å²) in [5.74, 6) is 0. The third-order valence-electron chi connectivity index (χ3n) is 7.83. The number of anilines is 1. The van der Waals surface area contributed by atoms with Crippen molar-refractivity contribution in [2.45, 2.75) is 42.7 Å². The largest absolute Gasteiger partial charge is 0.368 e. The molecule has 0 radical (unpaired) electrons. The average molecular weight is 380 g/mol. The monoisotopic (exact) mass is 379 g/mol. The molecule has 4 aliphatic heterocycles. The molecular weight excluding hydrogens is 354 g/mol. The number of hydrogen-bond donors (Lipinski definition) is 1. The predicted octanol–water partition coefficient (Wildman–Crippen LogP) is 4.39. The van der Waals surface area contributed by atoms with E-state index in [4.69, 9.17) is 0 Å². The van der Waals surface area contributed by atoms with E-state index in [1.165, 1.54) is 29.8 Å². The van der Waals surface area contributed by atoms with E-state index in [9.17, 15) is 0 Å². The highest BCUT2D eigenvalue weighted by Gasteiger charge is 2.76. The molecule has 4 aliphatic rings. The second-order valence-corrected chi connectivity index (χ2v) is 9.08. The molecule has 3 saturated heterocycles. The highest BCUT2D eigenvalue weighted by molar-refractivity contribution is 5.66. The standard InChI is InChI=1S/C26H25N3/c1-3-9-18(10-4-1)17-28-16-15-26-20-13-7-8-14-21(20)27-25(26)29-22(23(29)24(26)28)19-11-5-2-6-12-19/h1-14,22-25,27H,15-17H2/t22-,23+,24+,25+,26?,29?/m0/s1. The summed E-state index contributed by atoms with van der Waals surface area (Å²) in [5.41, 5.74) is 6.01. The zero-order valence-corrected chi connectivity index (χ0v) is 16.4. The molecule has 3 aromatic rings. The third kappa shape index (κ3) is 2.04. The Bertz CT molecular complexity index is 1070. The predicted molar refractivity (Wildman–Crippen MR) is 116 cm³/mol. The van der Waals surface area contributed by atoms with E-state index in [0.717, 1.165) is 6.54 Å². The van der Waals surface area contributed by atoms with Gasteiger partial charge in [0.15, 0.2) is 0 Å². The second-order valence-electron chi connectivity index (χ2n) is 9.08. The summed E-state index contributed by atoms with van der Waals surface area (Å²) in [5, 5.41) is 3.93. The summed E-state index contributed by atoms with van der Waals surface area (Å²) in [7, 11) is 0. The summed E-state index contributed by atoms with van der Waals surface area (Å²) in [6.07, 6.45) is 1.66. The van der Waals surface area contributed by atoms with Gasteiger partial charge in [0.25, 0.3) is 0 Å². The van der Waals surface area contributed by atoms with Gasteiger partial charge >= 0.3 is 0 Å². The second kappa shape index (κ2) is 5.71. The first-order valence-electron chi connectivity index (χ1n) is 10.8. The van der Waals surface area contributed by atoms with Gasteiger partial charge in [-0.3, -0.25) is 9.80 Å². The fourth-order valence-electron chi connectivity index (χ4n) is 6.78. The highest BCUT2D eigenvalue weighted by Crippen LogP contribution is 2.67. The molecule has 0 aliphatic carbocycles. The minimum atomic E-state index is 0.224. The van der Waals surface area contributed by atoms with Gasteiger partial charge in [-0.15, -0.1) is 0 Å². The maximum Gasteiger partial charge on any atom is 0.0918 e. The van der Waals surface area contributed by atoms with Crippen LogP contribution in [-0.4, -0.2) is 34.6 Å². The van der Waals surface area contributed by atoms with Crippen molar-refractivity contribution in [1.29, 1.82) is 0 Å². The number of fused-ring (bicyclic) bond motifs is 4. The number of para-hydroxylation sites is 1. The first-order chi connectivity index (χ1) is 14.4. The van der Waals surface area contributed by atoms with E-state index >= 15 is 0 Å². The Morgan fingerprint density at radius 3 is 2.41 bits per heavy atom. The first-order valence-corrected chi connectivity index (χ1v) is 10.8. The van der Waals surface area contributed by atoms with Crippen molar-refractivity contribution in [1.82, 2.24) is 9.80 Å². The molecule has 3 aromatic carbocycles. The molecule has 3 fully saturated rings. The molecule has 0 saturated carbocycles. The molecule has 0 amide bonds. The maximum atomic E-state index is 3.93. The number of likely N-dealkylation sites (tertiary alicyclic amines) is 1. The van der Waals surface area contributed by atoms with Crippen molar-refractivity contribution >= 4 is 5.69 Å². The molecule has 144 valence electrons. The Kier molecular flexibility index (Phi) is 3.19. The smallest absolute Gasteiger partial charge is 0.0918 e. The number of hydrogen-bond acceptors (Lipinski definition) is 3. The van der Waals surface area contributed by atoms with Gasteiger partial charge in [-0.25, -0.2) is 0 Å². The SMILES string of the molecule is c1ccc(CN2CCC34c5ccccc5N[C@@H]3N3[C@H]([C@@H]3c3ccccc3)[C@@H]24)cc1. The summed E-state index contributed by atoms with van der Waals surface area (Å²) in [6.45, 7) is 2.23. The molecule has 4 heterocycles. The Hall–Kier alpha value is -2.62. The molecular formula is C26H25N3. The van der Waals surface area contributed by atoms with Gasteiger partial charge in [-0.05, 0) is 35.7 Å². The number of rotatable bonds is 3. The molecule has 1 N–H and O–H groups in total. The number of nitrogens with one attached hydrogen (secondary N) is 1. The molecule has 0 bridgehead atoms. The molecule has 3 heteroatoms. The van der Waals surface area contributed by atoms with Crippen molar-refractivity contribution in [2.24, 2.45) is 0 Å². The lowest BCUT2D eigenvalue weighted by molar-refractivity contribution is 0.206. The van der Waals surface area contributed by atoms with Crippen molar-refractivity contribution in [2.75, 3.05) is 11.9 Å². The van der Waals surface area contributed by atoms with Crippen LogP contribution >= 0.6 is 0 Å². The number of piperidine rings is 1. The lowest BCUT2D eigenvalue weighted by Gasteiger charge is -2.36. The molecule has 0 aromatic heterocycles. The van der Waals surface area contributed by atoms with E-state index in [0.29, 0.717) is 24.3 Å². The fourth-order valence-corrected chi connectivity index (χ4v) is 6.78. The van der Waals surface area contributed by atoms with Gasteiger partial charge in [0, 0.05) is 29.7 Å². The van der Waals surface area contributed by atoms with Crippen LogP contribution in [0.3, 0.4) is 0 Å². The Balaban J connectivity index is 1.32. The first kappa shape index (κ1) is 16.2.